The number of anilines is 1. The highest BCUT2D eigenvalue weighted by Crippen LogP contribution is 2.34. The first-order valence-corrected chi connectivity index (χ1v) is 5.96. The molecule has 2 aliphatic rings. The third-order valence-corrected chi connectivity index (χ3v) is 3.30. The molecule has 1 aromatic carbocycles. The number of nitrogens with zero attached hydrogens (tertiary/aromatic N) is 1. The molecule has 1 heterocycles. The van der Waals surface area contributed by atoms with Crippen LogP contribution in [-0.4, -0.2) is 19.0 Å². The molecule has 1 saturated carbocycles. The summed E-state index contributed by atoms with van der Waals surface area (Å²) >= 11 is 0. The molecule has 1 aromatic rings. The first-order chi connectivity index (χ1) is 7.86. The lowest BCUT2D eigenvalue weighted by molar-refractivity contribution is -0.119. The van der Waals surface area contributed by atoms with Crippen LogP contribution in [0.3, 0.4) is 0 Å². The number of fused-ring (bicyclic) bond motifs is 1. The third kappa shape index (κ3) is 1.71. The second-order valence-corrected chi connectivity index (χ2v) is 4.57. The smallest absolute Gasteiger partial charge is 0.230 e. The molecular formula is C13H16N2O. The van der Waals surface area contributed by atoms with Gasteiger partial charge in [-0.3, -0.25) is 4.79 Å². The molecule has 84 valence electrons. The molecule has 0 saturated heterocycles. The molecule has 0 bridgehead atoms. The summed E-state index contributed by atoms with van der Waals surface area (Å²) in [7, 11) is 0. The Bertz CT molecular complexity index is 412. The minimum Gasteiger partial charge on any atom is -0.311 e. The summed E-state index contributed by atoms with van der Waals surface area (Å²) in [6, 6.07) is 8.20. The number of hydrogen-bond acceptors (Lipinski definition) is 2. The maximum atomic E-state index is 12.2. The van der Waals surface area contributed by atoms with E-state index in [-0.39, 0.29) is 0 Å². The van der Waals surface area contributed by atoms with Crippen molar-refractivity contribution in [2.45, 2.75) is 19.4 Å². The number of carbonyl (C=O) groups is 1. The van der Waals surface area contributed by atoms with Crippen LogP contribution in [0.25, 0.3) is 0 Å². The fourth-order valence-corrected chi connectivity index (χ4v) is 2.24. The average molecular weight is 216 g/mol. The van der Waals surface area contributed by atoms with Crippen molar-refractivity contribution in [2.75, 3.05) is 18.0 Å². The molecule has 1 fully saturated rings. The van der Waals surface area contributed by atoms with Gasteiger partial charge in [0.15, 0.2) is 0 Å². The van der Waals surface area contributed by atoms with Crippen molar-refractivity contribution in [1.29, 1.82) is 0 Å². The van der Waals surface area contributed by atoms with E-state index in [0.717, 1.165) is 38.2 Å². The first-order valence-electron chi connectivity index (χ1n) is 5.96. The molecule has 1 aliphatic heterocycles. The lowest BCUT2D eigenvalue weighted by Crippen LogP contribution is -2.35. The van der Waals surface area contributed by atoms with Crippen LogP contribution in [0, 0.1) is 5.92 Å². The summed E-state index contributed by atoms with van der Waals surface area (Å²) in [6.07, 6.45) is 2.15. The van der Waals surface area contributed by atoms with Gasteiger partial charge in [0.25, 0.3) is 0 Å². The molecule has 3 nitrogen and oxygen atoms in total. The zero-order valence-electron chi connectivity index (χ0n) is 9.28. The Morgan fingerprint density at radius 3 is 2.94 bits per heavy atom. The van der Waals surface area contributed by atoms with Crippen LogP contribution in [0.2, 0.25) is 0 Å². The average Bonchev–Trinajstić information content (AvgIpc) is 3.15. The van der Waals surface area contributed by atoms with Gasteiger partial charge in [-0.05, 0) is 24.5 Å². The van der Waals surface area contributed by atoms with Gasteiger partial charge in [-0.15, -0.1) is 0 Å². The van der Waals surface area contributed by atoms with Crippen molar-refractivity contribution in [3.8, 4) is 0 Å². The zero-order valence-corrected chi connectivity index (χ0v) is 9.28. The Balaban J connectivity index is 1.95. The van der Waals surface area contributed by atoms with Gasteiger partial charge in [0.2, 0.25) is 5.91 Å². The van der Waals surface area contributed by atoms with E-state index < -0.39 is 0 Å². The highest BCUT2D eigenvalue weighted by molar-refractivity contribution is 5.97. The molecule has 3 rings (SSSR count). The van der Waals surface area contributed by atoms with Crippen LogP contribution < -0.4 is 10.2 Å². The first kappa shape index (κ1) is 9.85. The van der Waals surface area contributed by atoms with Crippen LogP contribution in [0.5, 0.6) is 0 Å². The van der Waals surface area contributed by atoms with E-state index in [1.54, 1.807) is 0 Å². The Kier molecular flexibility index (Phi) is 2.40. The molecule has 1 amide bonds. The van der Waals surface area contributed by atoms with Crippen molar-refractivity contribution in [3.05, 3.63) is 29.8 Å². The third-order valence-electron chi connectivity index (χ3n) is 3.30. The topological polar surface area (TPSA) is 32.3 Å². The molecule has 0 unspecified atom stereocenters. The van der Waals surface area contributed by atoms with E-state index in [1.165, 1.54) is 5.56 Å². The van der Waals surface area contributed by atoms with E-state index >= 15 is 0 Å². The Labute approximate surface area is 95.4 Å². The van der Waals surface area contributed by atoms with E-state index in [1.807, 2.05) is 17.0 Å². The van der Waals surface area contributed by atoms with Crippen LogP contribution in [0.4, 0.5) is 5.69 Å². The van der Waals surface area contributed by atoms with Gasteiger partial charge in [-0.1, -0.05) is 18.2 Å². The van der Waals surface area contributed by atoms with Gasteiger partial charge in [-0.2, -0.15) is 0 Å². The monoisotopic (exact) mass is 216 g/mol. The van der Waals surface area contributed by atoms with Gasteiger partial charge in [0.05, 0.1) is 0 Å². The molecule has 0 atom stereocenters. The second kappa shape index (κ2) is 3.91. The normalized spacial score (nSPS) is 20.1. The van der Waals surface area contributed by atoms with Crippen molar-refractivity contribution < 1.29 is 4.79 Å². The molecule has 0 aromatic heterocycles. The highest BCUT2D eigenvalue weighted by Gasteiger charge is 2.34. The summed E-state index contributed by atoms with van der Waals surface area (Å²) < 4.78 is 0. The lowest BCUT2D eigenvalue weighted by Gasteiger charge is -2.22. The Morgan fingerprint density at radius 2 is 2.12 bits per heavy atom. The van der Waals surface area contributed by atoms with Gasteiger partial charge >= 0.3 is 0 Å². The summed E-state index contributed by atoms with van der Waals surface area (Å²) in [5.74, 6) is 0.613. The number of hydrogen-bond donors (Lipinski definition) is 1. The number of carbonyl (C=O) groups excluding carboxylic acids is 1. The molecule has 3 heteroatoms. The fraction of sp³-hybridized carbons (Fsp3) is 0.462. The molecule has 0 radical (unpaired) electrons. The fourth-order valence-electron chi connectivity index (χ4n) is 2.24. The molecular weight excluding hydrogens is 200 g/mol. The summed E-state index contributed by atoms with van der Waals surface area (Å²) in [5.41, 5.74) is 2.33. The Morgan fingerprint density at radius 1 is 1.31 bits per heavy atom. The largest absolute Gasteiger partial charge is 0.311 e. The maximum Gasteiger partial charge on any atom is 0.230 e. The van der Waals surface area contributed by atoms with Crippen LogP contribution in [-0.2, 0) is 11.3 Å². The second-order valence-electron chi connectivity index (χ2n) is 4.57. The van der Waals surface area contributed by atoms with Gasteiger partial charge < -0.3 is 10.2 Å². The quantitative estimate of drug-likeness (QED) is 0.772. The van der Waals surface area contributed by atoms with Crippen LogP contribution in [0.15, 0.2) is 24.3 Å². The summed E-state index contributed by atoms with van der Waals surface area (Å²) in [6.45, 7) is 2.55. The predicted molar refractivity (Wildman–Crippen MR) is 63.2 cm³/mol. The maximum absolute atomic E-state index is 12.2. The molecule has 16 heavy (non-hydrogen) atoms. The van der Waals surface area contributed by atoms with Crippen LogP contribution in [0.1, 0.15) is 18.4 Å². The van der Waals surface area contributed by atoms with E-state index in [4.69, 9.17) is 0 Å². The zero-order chi connectivity index (χ0) is 11.0. The van der Waals surface area contributed by atoms with Crippen molar-refractivity contribution in [2.24, 2.45) is 5.92 Å². The summed E-state index contributed by atoms with van der Waals surface area (Å²) in [4.78, 5) is 14.1. The summed E-state index contributed by atoms with van der Waals surface area (Å²) in [5, 5.41) is 3.35. The number of nitrogens with one attached hydrogen (secondary N) is 1. The number of para-hydroxylation sites is 1. The minimum absolute atomic E-state index is 0.297. The van der Waals surface area contributed by atoms with E-state index in [9.17, 15) is 4.79 Å². The minimum atomic E-state index is 0.297. The number of benzene rings is 1. The lowest BCUT2D eigenvalue weighted by atomic mass is 10.1. The predicted octanol–water partition coefficient (Wildman–Crippen LogP) is 1.53. The van der Waals surface area contributed by atoms with Crippen molar-refractivity contribution in [3.63, 3.8) is 0 Å². The highest BCUT2D eigenvalue weighted by atomic mass is 16.2. The number of amides is 1. The van der Waals surface area contributed by atoms with Gasteiger partial charge in [0.1, 0.15) is 0 Å². The van der Waals surface area contributed by atoms with Crippen molar-refractivity contribution in [1.82, 2.24) is 5.32 Å². The Hall–Kier alpha value is -1.35. The van der Waals surface area contributed by atoms with Crippen LogP contribution >= 0.6 is 0 Å². The molecule has 1 N–H and O–H groups in total. The molecule has 1 aliphatic carbocycles. The van der Waals surface area contributed by atoms with E-state index in [0.29, 0.717) is 11.8 Å². The van der Waals surface area contributed by atoms with Gasteiger partial charge in [-0.25, -0.2) is 0 Å². The number of rotatable bonds is 1. The molecule has 0 spiro atoms. The van der Waals surface area contributed by atoms with Gasteiger partial charge in [0, 0.05) is 31.2 Å². The van der Waals surface area contributed by atoms with E-state index in [2.05, 4.69) is 17.4 Å². The standard InChI is InChI=1S/C13H16N2O/c16-13(10-5-6-10)15-8-7-14-9-11-3-1-2-4-12(11)15/h1-4,10,14H,5-9H2. The van der Waals surface area contributed by atoms with Crippen molar-refractivity contribution >= 4 is 11.6 Å². The SMILES string of the molecule is O=C(C1CC1)N1CCNCc2ccccc21.